The molecule has 0 saturated heterocycles. The highest BCUT2D eigenvalue weighted by molar-refractivity contribution is 7.88. The van der Waals surface area contributed by atoms with Gasteiger partial charge in [0.25, 0.3) is 0 Å². The number of carbonyl (C=O) groups is 1. The lowest BCUT2D eigenvalue weighted by molar-refractivity contribution is -0.119. The standard InChI is InChI=1S/C10H20N2O3S/c1-8(13)11-7-9-3-5-10(6-4-9)12-16(2,14)15/h9-10,12H,3-7H2,1-2H3,(H,11,13). The van der Waals surface area contributed by atoms with Crippen LogP contribution in [-0.2, 0) is 14.8 Å². The molecule has 5 nitrogen and oxygen atoms in total. The number of nitrogens with one attached hydrogen (secondary N) is 2. The second-order valence-corrected chi connectivity index (χ2v) is 6.32. The molecule has 0 radical (unpaired) electrons. The van der Waals surface area contributed by atoms with E-state index in [-0.39, 0.29) is 11.9 Å². The molecule has 0 bridgehead atoms. The number of hydrogen-bond donors (Lipinski definition) is 2. The predicted molar refractivity (Wildman–Crippen MR) is 62.4 cm³/mol. The molecular formula is C10H20N2O3S. The topological polar surface area (TPSA) is 75.3 Å². The Labute approximate surface area is 97.0 Å². The molecule has 1 fully saturated rings. The van der Waals surface area contributed by atoms with Gasteiger partial charge in [-0.1, -0.05) is 0 Å². The largest absolute Gasteiger partial charge is 0.356 e. The van der Waals surface area contributed by atoms with Gasteiger partial charge in [-0.15, -0.1) is 0 Å². The molecule has 1 rings (SSSR count). The Bertz CT molecular complexity index is 332. The number of hydrogen-bond acceptors (Lipinski definition) is 3. The molecule has 0 unspecified atom stereocenters. The zero-order valence-corrected chi connectivity index (χ0v) is 10.6. The Kier molecular flexibility index (Phi) is 4.73. The van der Waals surface area contributed by atoms with Crippen LogP contribution in [0.2, 0.25) is 0 Å². The molecule has 0 heterocycles. The Morgan fingerprint density at radius 2 is 1.81 bits per heavy atom. The van der Waals surface area contributed by atoms with E-state index in [1.807, 2.05) is 0 Å². The molecule has 2 N–H and O–H groups in total. The first-order valence-electron chi connectivity index (χ1n) is 5.58. The van der Waals surface area contributed by atoms with Crippen LogP contribution in [0.4, 0.5) is 0 Å². The Hall–Kier alpha value is -0.620. The Morgan fingerprint density at radius 1 is 1.25 bits per heavy atom. The highest BCUT2D eigenvalue weighted by Gasteiger charge is 2.23. The van der Waals surface area contributed by atoms with Gasteiger partial charge in [-0.3, -0.25) is 4.79 Å². The van der Waals surface area contributed by atoms with E-state index in [2.05, 4.69) is 10.0 Å². The summed E-state index contributed by atoms with van der Waals surface area (Å²) >= 11 is 0. The van der Waals surface area contributed by atoms with Crippen molar-refractivity contribution < 1.29 is 13.2 Å². The van der Waals surface area contributed by atoms with Gasteiger partial charge >= 0.3 is 0 Å². The van der Waals surface area contributed by atoms with Crippen molar-refractivity contribution in [3.63, 3.8) is 0 Å². The van der Waals surface area contributed by atoms with Crippen LogP contribution in [0.5, 0.6) is 0 Å². The third-order valence-corrected chi connectivity index (χ3v) is 3.63. The van der Waals surface area contributed by atoms with Crippen LogP contribution in [0.25, 0.3) is 0 Å². The van der Waals surface area contributed by atoms with Gasteiger partial charge in [0, 0.05) is 19.5 Å². The minimum absolute atomic E-state index is 0.00335. The Balaban J connectivity index is 2.26. The van der Waals surface area contributed by atoms with Gasteiger partial charge in [-0.2, -0.15) is 0 Å². The molecule has 1 amide bonds. The molecule has 6 heteroatoms. The lowest BCUT2D eigenvalue weighted by Crippen LogP contribution is -2.38. The lowest BCUT2D eigenvalue weighted by atomic mass is 9.86. The van der Waals surface area contributed by atoms with Gasteiger partial charge in [0.1, 0.15) is 0 Å². The summed E-state index contributed by atoms with van der Waals surface area (Å²) in [4.78, 5) is 10.7. The fraction of sp³-hybridized carbons (Fsp3) is 0.900. The SMILES string of the molecule is CC(=O)NCC1CCC(NS(C)(=O)=O)CC1. The quantitative estimate of drug-likeness (QED) is 0.748. The van der Waals surface area contributed by atoms with Gasteiger partial charge in [-0.05, 0) is 31.6 Å². The van der Waals surface area contributed by atoms with Crippen molar-refractivity contribution in [1.29, 1.82) is 0 Å². The van der Waals surface area contributed by atoms with Crippen LogP contribution in [0.3, 0.4) is 0 Å². The highest BCUT2D eigenvalue weighted by Crippen LogP contribution is 2.23. The smallest absolute Gasteiger partial charge is 0.216 e. The molecule has 0 aromatic rings. The van der Waals surface area contributed by atoms with E-state index in [1.165, 1.54) is 13.2 Å². The van der Waals surface area contributed by atoms with E-state index in [9.17, 15) is 13.2 Å². The van der Waals surface area contributed by atoms with E-state index in [4.69, 9.17) is 0 Å². The van der Waals surface area contributed by atoms with Crippen molar-refractivity contribution in [2.45, 2.75) is 38.6 Å². The van der Waals surface area contributed by atoms with Crippen molar-refractivity contribution in [1.82, 2.24) is 10.0 Å². The van der Waals surface area contributed by atoms with Crippen molar-refractivity contribution in [3.05, 3.63) is 0 Å². The molecule has 0 aromatic carbocycles. The summed E-state index contributed by atoms with van der Waals surface area (Å²) in [5, 5.41) is 2.80. The van der Waals surface area contributed by atoms with Crippen LogP contribution in [-0.4, -0.2) is 33.2 Å². The van der Waals surface area contributed by atoms with E-state index >= 15 is 0 Å². The zero-order valence-electron chi connectivity index (χ0n) is 9.82. The summed E-state index contributed by atoms with van der Waals surface area (Å²) in [7, 11) is -3.09. The number of carbonyl (C=O) groups excluding carboxylic acids is 1. The molecular weight excluding hydrogens is 228 g/mol. The normalized spacial score (nSPS) is 26.4. The molecule has 0 aliphatic heterocycles. The van der Waals surface area contributed by atoms with Gasteiger partial charge in [-0.25, -0.2) is 13.1 Å². The zero-order chi connectivity index (χ0) is 12.2. The van der Waals surface area contributed by atoms with Crippen LogP contribution in [0, 0.1) is 5.92 Å². The maximum Gasteiger partial charge on any atom is 0.216 e. The van der Waals surface area contributed by atoms with Gasteiger partial charge in [0.15, 0.2) is 0 Å². The summed E-state index contributed by atoms with van der Waals surface area (Å²) in [6, 6.07) is 0.0728. The maximum absolute atomic E-state index is 11.0. The van der Waals surface area contributed by atoms with Gasteiger partial charge < -0.3 is 5.32 Å². The molecule has 0 aromatic heterocycles. The maximum atomic E-state index is 11.0. The number of rotatable bonds is 4. The van der Waals surface area contributed by atoms with Crippen molar-refractivity contribution in [3.8, 4) is 0 Å². The van der Waals surface area contributed by atoms with Crippen molar-refractivity contribution in [2.24, 2.45) is 5.92 Å². The summed E-state index contributed by atoms with van der Waals surface area (Å²) < 4.78 is 24.7. The Morgan fingerprint density at radius 3 is 2.25 bits per heavy atom. The molecule has 1 saturated carbocycles. The average molecular weight is 248 g/mol. The first kappa shape index (κ1) is 13.4. The molecule has 16 heavy (non-hydrogen) atoms. The lowest BCUT2D eigenvalue weighted by Gasteiger charge is -2.28. The van der Waals surface area contributed by atoms with Crippen LogP contribution in [0.15, 0.2) is 0 Å². The van der Waals surface area contributed by atoms with Crippen LogP contribution in [0.1, 0.15) is 32.6 Å². The van der Waals surface area contributed by atoms with Gasteiger partial charge in [0.2, 0.25) is 15.9 Å². The summed E-state index contributed by atoms with van der Waals surface area (Å²) in [5.41, 5.74) is 0. The monoisotopic (exact) mass is 248 g/mol. The number of amides is 1. The average Bonchev–Trinajstić information content (AvgIpc) is 2.14. The van der Waals surface area contributed by atoms with E-state index < -0.39 is 10.0 Å². The van der Waals surface area contributed by atoms with Crippen LogP contribution >= 0.6 is 0 Å². The fourth-order valence-electron chi connectivity index (χ4n) is 2.08. The summed E-state index contributed by atoms with van der Waals surface area (Å²) in [6.07, 6.45) is 4.84. The minimum Gasteiger partial charge on any atom is -0.356 e. The molecule has 0 atom stereocenters. The van der Waals surface area contributed by atoms with E-state index in [1.54, 1.807) is 0 Å². The first-order chi connectivity index (χ1) is 7.37. The van der Waals surface area contributed by atoms with Gasteiger partial charge in [0.05, 0.1) is 6.26 Å². The third kappa shape index (κ3) is 5.46. The first-order valence-corrected chi connectivity index (χ1v) is 7.47. The molecule has 1 aliphatic rings. The second-order valence-electron chi connectivity index (χ2n) is 4.54. The second kappa shape index (κ2) is 5.63. The van der Waals surface area contributed by atoms with E-state index in [0.717, 1.165) is 25.7 Å². The number of sulfonamides is 1. The van der Waals surface area contributed by atoms with Crippen molar-refractivity contribution >= 4 is 15.9 Å². The third-order valence-electron chi connectivity index (χ3n) is 2.87. The van der Waals surface area contributed by atoms with E-state index in [0.29, 0.717) is 12.5 Å². The minimum atomic E-state index is -3.09. The van der Waals surface area contributed by atoms with Crippen LogP contribution < -0.4 is 10.0 Å². The molecule has 1 aliphatic carbocycles. The molecule has 94 valence electrons. The summed E-state index contributed by atoms with van der Waals surface area (Å²) in [5.74, 6) is 0.484. The van der Waals surface area contributed by atoms with Crippen molar-refractivity contribution in [2.75, 3.05) is 12.8 Å². The fourth-order valence-corrected chi connectivity index (χ4v) is 2.92. The molecule has 0 spiro atoms. The summed E-state index contributed by atoms with van der Waals surface area (Å²) in [6.45, 7) is 2.22. The highest BCUT2D eigenvalue weighted by atomic mass is 32.2. The predicted octanol–water partition coefficient (Wildman–Crippen LogP) is 0.231.